The molecule has 1 aliphatic carbocycles. The maximum atomic E-state index is 12.6. The second-order valence-corrected chi connectivity index (χ2v) is 8.26. The predicted molar refractivity (Wildman–Crippen MR) is 95.8 cm³/mol. The molecule has 1 heterocycles. The van der Waals surface area contributed by atoms with Crippen molar-refractivity contribution in [1.82, 2.24) is 14.2 Å². The van der Waals surface area contributed by atoms with Crippen LogP contribution in [0.1, 0.15) is 46.0 Å². The first-order valence-corrected chi connectivity index (χ1v) is 10.3. The predicted octanol–water partition coefficient (Wildman–Crippen LogP) is 1.33. The lowest BCUT2D eigenvalue weighted by atomic mass is 9.95. The lowest BCUT2D eigenvalue weighted by Crippen LogP contribution is -2.40. The quantitative estimate of drug-likeness (QED) is 0.785. The highest BCUT2D eigenvalue weighted by Crippen LogP contribution is 2.17. The Morgan fingerprint density at radius 3 is 2.44 bits per heavy atom. The third-order valence-corrected chi connectivity index (χ3v) is 6.62. The van der Waals surface area contributed by atoms with Crippen LogP contribution in [0.25, 0.3) is 0 Å². The third kappa shape index (κ3) is 4.92. The Kier molecular flexibility index (Phi) is 6.78. The number of carbonyl (C=O) groups is 1. The Labute approximate surface area is 149 Å². The monoisotopic (exact) mass is 369 g/mol. The van der Waals surface area contributed by atoms with E-state index in [2.05, 4.69) is 5.32 Å². The zero-order chi connectivity index (χ0) is 18.4. The summed E-state index contributed by atoms with van der Waals surface area (Å²) in [6.07, 6.45) is 6.56. The smallest absolute Gasteiger partial charge is 0.251 e. The summed E-state index contributed by atoms with van der Waals surface area (Å²) in [6.45, 7) is 4.04. The van der Waals surface area contributed by atoms with E-state index < -0.39 is 15.6 Å². The summed E-state index contributed by atoms with van der Waals surface area (Å²) in [5.41, 5.74) is -0.391. The average Bonchev–Trinajstić information content (AvgIpc) is 2.58. The fourth-order valence-corrected chi connectivity index (χ4v) is 4.65. The molecule has 0 atom stereocenters. The van der Waals surface area contributed by atoms with E-state index in [-0.39, 0.29) is 23.4 Å². The Balaban J connectivity index is 2.16. The molecule has 1 saturated carbocycles. The van der Waals surface area contributed by atoms with Gasteiger partial charge >= 0.3 is 0 Å². The van der Waals surface area contributed by atoms with Crippen molar-refractivity contribution in [2.75, 3.05) is 13.1 Å². The summed E-state index contributed by atoms with van der Waals surface area (Å²) < 4.78 is 27.6. The molecule has 7 nitrogen and oxygen atoms in total. The fraction of sp³-hybridized carbons (Fsp3) is 0.647. The minimum atomic E-state index is -3.66. The van der Waals surface area contributed by atoms with Gasteiger partial charge in [-0.1, -0.05) is 33.1 Å². The molecule has 1 aliphatic rings. The van der Waals surface area contributed by atoms with E-state index in [4.69, 9.17) is 0 Å². The summed E-state index contributed by atoms with van der Waals surface area (Å²) in [4.78, 5) is 24.2. The van der Waals surface area contributed by atoms with Gasteiger partial charge in [-0.2, -0.15) is 4.31 Å². The number of amides is 1. The normalized spacial score (nSPS) is 16.1. The van der Waals surface area contributed by atoms with Crippen LogP contribution in [0.4, 0.5) is 0 Å². The van der Waals surface area contributed by atoms with Crippen LogP contribution in [-0.4, -0.2) is 42.3 Å². The molecule has 1 N–H and O–H groups in total. The van der Waals surface area contributed by atoms with Gasteiger partial charge in [-0.3, -0.25) is 9.59 Å². The van der Waals surface area contributed by atoms with Crippen molar-refractivity contribution >= 4 is 15.9 Å². The van der Waals surface area contributed by atoms with Crippen LogP contribution < -0.4 is 10.9 Å². The van der Waals surface area contributed by atoms with E-state index in [1.54, 1.807) is 13.8 Å². The lowest BCUT2D eigenvalue weighted by Gasteiger charge is -2.23. The molecule has 0 unspecified atom stereocenters. The molecule has 140 valence electrons. The summed E-state index contributed by atoms with van der Waals surface area (Å²) in [5, 5.41) is 2.94. The van der Waals surface area contributed by atoms with Crippen LogP contribution in [0.3, 0.4) is 0 Å². The van der Waals surface area contributed by atoms with Gasteiger partial charge in [-0.05, 0) is 18.9 Å². The topological polar surface area (TPSA) is 88.5 Å². The van der Waals surface area contributed by atoms with Gasteiger partial charge in [0.1, 0.15) is 6.54 Å². The highest BCUT2D eigenvalue weighted by molar-refractivity contribution is 7.89. The molecule has 0 aliphatic heterocycles. The highest BCUT2D eigenvalue weighted by atomic mass is 32.2. The molecule has 2 rings (SSSR count). The van der Waals surface area contributed by atoms with Gasteiger partial charge in [-0.15, -0.1) is 0 Å². The summed E-state index contributed by atoms with van der Waals surface area (Å²) in [6, 6.07) is 2.65. The minimum absolute atomic E-state index is 0.0290. The molecule has 0 aromatic carbocycles. The SMILES string of the molecule is CCN(CC)S(=O)(=O)c1ccc(=O)n(CC(=O)NC2CCCCC2)c1. The van der Waals surface area contributed by atoms with Crippen molar-refractivity contribution in [1.29, 1.82) is 0 Å². The number of pyridine rings is 1. The Hall–Kier alpha value is -1.67. The fourth-order valence-electron chi connectivity index (χ4n) is 3.17. The summed E-state index contributed by atoms with van der Waals surface area (Å²) in [7, 11) is -3.66. The van der Waals surface area contributed by atoms with Gasteiger partial charge in [0.05, 0.1) is 4.90 Å². The molecule has 1 aromatic rings. The van der Waals surface area contributed by atoms with Gasteiger partial charge in [0.2, 0.25) is 15.9 Å². The van der Waals surface area contributed by atoms with Crippen molar-refractivity contribution < 1.29 is 13.2 Å². The van der Waals surface area contributed by atoms with E-state index in [0.29, 0.717) is 13.1 Å². The third-order valence-electron chi connectivity index (χ3n) is 4.58. The van der Waals surface area contributed by atoms with E-state index in [1.165, 1.54) is 29.1 Å². The molecule has 0 saturated heterocycles. The van der Waals surface area contributed by atoms with Crippen LogP contribution in [0.2, 0.25) is 0 Å². The second-order valence-electron chi connectivity index (χ2n) is 6.32. The number of hydrogen-bond acceptors (Lipinski definition) is 4. The van der Waals surface area contributed by atoms with Crippen molar-refractivity contribution in [2.45, 2.75) is 63.4 Å². The molecule has 1 aromatic heterocycles. The lowest BCUT2D eigenvalue weighted by molar-refractivity contribution is -0.122. The minimum Gasteiger partial charge on any atom is -0.352 e. The highest BCUT2D eigenvalue weighted by Gasteiger charge is 2.23. The molecule has 8 heteroatoms. The average molecular weight is 369 g/mol. The molecule has 25 heavy (non-hydrogen) atoms. The summed E-state index contributed by atoms with van der Waals surface area (Å²) >= 11 is 0. The number of nitrogens with one attached hydrogen (secondary N) is 1. The van der Waals surface area contributed by atoms with E-state index in [9.17, 15) is 18.0 Å². The largest absolute Gasteiger partial charge is 0.352 e. The maximum Gasteiger partial charge on any atom is 0.251 e. The van der Waals surface area contributed by atoms with Crippen LogP contribution in [0.5, 0.6) is 0 Å². The number of nitrogens with zero attached hydrogens (tertiary/aromatic N) is 2. The van der Waals surface area contributed by atoms with E-state index in [1.807, 2.05) is 0 Å². The number of sulfonamides is 1. The summed E-state index contributed by atoms with van der Waals surface area (Å²) in [5.74, 6) is -0.258. The first-order chi connectivity index (χ1) is 11.9. The molecular formula is C17H27N3O4S. The van der Waals surface area contributed by atoms with Crippen LogP contribution in [0.15, 0.2) is 28.0 Å². The van der Waals surface area contributed by atoms with Gasteiger partial charge in [0.15, 0.2) is 0 Å². The van der Waals surface area contributed by atoms with Crippen LogP contribution >= 0.6 is 0 Å². The molecular weight excluding hydrogens is 342 g/mol. The first kappa shape index (κ1) is 19.7. The number of carbonyl (C=O) groups excluding carboxylic acids is 1. The number of rotatable bonds is 7. The van der Waals surface area contributed by atoms with Gasteiger partial charge in [-0.25, -0.2) is 8.42 Å². The van der Waals surface area contributed by atoms with E-state index >= 15 is 0 Å². The first-order valence-electron chi connectivity index (χ1n) is 8.88. The molecule has 0 spiro atoms. The molecule has 1 amide bonds. The van der Waals surface area contributed by atoms with E-state index in [0.717, 1.165) is 30.3 Å². The Bertz CT molecular complexity index is 747. The van der Waals surface area contributed by atoms with Crippen LogP contribution in [0, 0.1) is 0 Å². The Morgan fingerprint density at radius 2 is 1.84 bits per heavy atom. The Morgan fingerprint density at radius 1 is 1.20 bits per heavy atom. The zero-order valence-electron chi connectivity index (χ0n) is 14.9. The van der Waals surface area contributed by atoms with Crippen molar-refractivity contribution in [3.63, 3.8) is 0 Å². The number of hydrogen-bond donors (Lipinski definition) is 1. The molecule has 0 radical (unpaired) electrons. The molecule has 0 bridgehead atoms. The van der Waals surface area contributed by atoms with Crippen LogP contribution in [-0.2, 0) is 21.4 Å². The van der Waals surface area contributed by atoms with Gasteiger partial charge in [0, 0.05) is 31.4 Å². The van der Waals surface area contributed by atoms with Crippen molar-refractivity contribution in [2.24, 2.45) is 0 Å². The molecule has 1 fully saturated rings. The van der Waals surface area contributed by atoms with Gasteiger partial charge in [0.25, 0.3) is 5.56 Å². The second kappa shape index (κ2) is 8.62. The van der Waals surface area contributed by atoms with Gasteiger partial charge < -0.3 is 9.88 Å². The zero-order valence-corrected chi connectivity index (χ0v) is 15.7. The standard InChI is InChI=1S/C17H27N3O4S/c1-3-20(4-2)25(23,24)15-10-11-17(22)19(12-15)13-16(21)18-14-8-6-5-7-9-14/h10-12,14H,3-9,13H2,1-2H3,(H,18,21). The van der Waals surface area contributed by atoms with Crippen molar-refractivity contribution in [3.05, 3.63) is 28.7 Å². The van der Waals surface area contributed by atoms with Crippen molar-refractivity contribution in [3.8, 4) is 0 Å². The maximum absolute atomic E-state index is 12.6. The number of aromatic nitrogens is 1.